The molecule has 1 aromatic heterocycles. The number of hydrogen-bond acceptors (Lipinski definition) is 3. The summed E-state index contributed by atoms with van der Waals surface area (Å²) in [6, 6.07) is 3.49. The van der Waals surface area contributed by atoms with E-state index >= 15 is 0 Å². The molecule has 1 unspecified atom stereocenters. The van der Waals surface area contributed by atoms with Crippen LogP contribution in [0.2, 0.25) is 0 Å². The zero-order valence-corrected chi connectivity index (χ0v) is 9.17. The van der Waals surface area contributed by atoms with E-state index < -0.39 is 0 Å². The molecule has 16 heavy (non-hydrogen) atoms. The Morgan fingerprint density at radius 2 is 2.44 bits per heavy atom. The monoisotopic (exact) mass is 220 g/mol. The first-order chi connectivity index (χ1) is 7.83. The van der Waals surface area contributed by atoms with E-state index in [4.69, 9.17) is 0 Å². The van der Waals surface area contributed by atoms with Crippen LogP contribution in [0.4, 0.5) is 0 Å². The highest BCUT2D eigenvalue weighted by molar-refractivity contribution is 5.94. The van der Waals surface area contributed by atoms with Crippen molar-refractivity contribution in [1.29, 1.82) is 0 Å². The first kappa shape index (κ1) is 11.1. The zero-order valence-electron chi connectivity index (χ0n) is 9.17. The Hall–Kier alpha value is -1.42. The van der Waals surface area contributed by atoms with Crippen molar-refractivity contribution in [2.24, 2.45) is 0 Å². The molecule has 1 saturated heterocycles. The molecule has 0 spiro atoms. The van der Waals surface area contributed by atoms with Crippen LogP contribution < -0.4 is 0 Å². The van der Waals surface area contributed by atoms with Crippen molar-refractivity contribution in [3.8, 4) is 0 Å². The van der Waals surface area contributed by atoms with Crippen LogP contribution in [0.1, 0.15) is 29.6 Å². The number of piperidine rings is 1. The van der Waals surface area contributed by atoms with Crippen LogP contribution in [0, 0.1) is 0 Å². The van der Waals surface area contributed by atoms with Crippen LogP contribution in [-0.2, 0) is 0 Å². The molecule has 1 N–H and O–H groups in total. The molecular formula is C12H16N2O2. The quantitative estimate of drug-likeness (QED) is 0.811. The van der Waals surface area contributed by atoms with Gasteiger partial charge < -0.3 is 10.0 Å². The molecule has 1 aliphatic heterocycles. The molecule has 1 aromatic rings. The normalized spacial score (nSPS) is 20.8. The molecule has 0 aromatic carbocycles. The third kappa shape index (κ3) is 2.22. The lowest BCUT2D eigenvalue weighted by atomic mass is 10.0. The Balaban J connectivity index is 2.14. The lowest BCUT2D eigenvalue weighted by Crippen LogP contribution is -2.45. The number of hydrogen-bond donors (Lipinski definition) is 1. The van der Waals surface area contributed by atoms with Crippen molar-refractivity contribution in [1.82, 2.24) is 9.88 Å². The molecular weight excluding hydrogens is 204 g/mol. The predicted molar refractivity (Wildman–Crippen MR) is 60.0 cm³/mol. The van der Waals surface area contributed by atoms with Crippen molar-refractivity contribution in [2.45, 2.75) is 25.3 Å². The van der Waals surface area contributed by atoms with E-state index in [2.05, 4.69) is 4.98 Å². The average molecular weight is 220 g/mol. The molecule has 1 amide bonds. The summed E-state index contributed by atoms with van der Waals surface area (Å²) in [6.45, 7) is 0.783. The molecule has 1 fully saturated rings. The van der Waals surface area contributed by atoms with Crippen LogP contribution >= 0.6 is 0 Å². The minimum absolute atomic E-state index is 0.0214. The number of aliphatic hydroxyl groups excluding tert-OH is 1. The lowest BCUT2D eigenvalue weighted by Gasteiger charge is -2.34. The number of pyridine rings is 1. The number of aromatic nitrogens is 1. The second-order valence-corrected chi connectivity index (χ2v) is 4.07. The van der Waals surface area contributed by atoms with E-state index in [0.717, 1.165) is 25.8 Å². The van der Waals surface area contributed by atoms with Gasteiger partial charge in [0.15, 0.2) is 0 Å². The fourth-order valence-corrected chi connectivity index (χ4v) is 2.11. The fraction of sp³-hybridized carbons (Fsp3) is 0.500. The maximum absolute atomic E-state index is 12.1. The van der Waals surface area contributed by atoms with Gasteiger partial charge in [0.05, 0.1) is 18.2 Å². The van der Waals surface area contributed by atoms with Gasteiger partial charge in [0.25, 0.3) is 5.91 Å². The summed E-state index contributed by atoms with van der Waals surface area (Å²) >= 11 is 0. The average Bonchev–Trinajstić information content (AvgIpc) is 2.39. The summed E-state index contributed by atoms with van der Waals surface area (Å²) in [4.78, 5) is 17.8. The van der Waals surface area contributed by atoms with E-state index in [0.29, 0.717) is 5.56 Å². The maximum Gasteiger partial charge on any atom is 0.255 e. The number of aliphatic hydroxyl groups is 1. The van der Waals surface area contributed by atoms with Crippen molar-refractivity contribution in [3.63, 3.8) is 0 Å². The van der Waals surface area contributed by atoms with E-state index in [1.54, 1.807) is 29.4 Å². The van der Waals surface area contributed by atoms with Crippen molar-refractivity contribution in [3.05, 3.63) is 30.1 Å². The molecule has 0 radical (unpaired) electrons. The number of rotatable bonds is 2. The zero-order chi connectivity index (χ0) is 11.4. The predicted octanol–water partition coefficient (Wildman–Crippen LogP) is 1.07. The third-order valence-corrected chi connectivity index (χ3v) is 3.01. The molecule has 0 bridgehead atoms. The Morgan fingerprint density at radius 1 is 1.56 bits per heavy atom. The van der Waals surface area contributed by atoms with Gasteiger partial charge >= 0.3 is 0 Å². The van der Waals surface area contributed by atoms with Crippen LogP contribution in [0.3, 0.4) is 0 Å². The minimum Gasteiger partial charge on any atom is -0.394 e. The molecule has 4 heteroatoms. The van der Waals surface area contributed by atoms with Crippen molar-refractivity contribution < 1.29 is 9.90 Å². The topological polar surface area (TPSA) is 53.4 Å². The maximum atomic E-state index is 12.1. The highest BCUT2D eigenvalue weighted by atomic mass is 16.3. The van der Waals surface area contributed by atoms with Crippen molar-refractivity contribution >= 4 is 5.91 Å². The van der Waals surface area contributed by atoms with E-state index in [9.17, 15) is 9.90 Å². The van der Waals surface area contributed by atoms with Gasteiger partial charge in [0.1, 0.15) is 0 Å². The standard InChI is InChI=1S/C12H16N2O2/c15-9-11-5-1-2-7-14(11)12(16)10-4-3-6-13-8-10/h3-4,6,8,11,15H,1-2,5,7,9H2. The van der Waals surface area contributed by atoms with Crippen LogP contribution in [0.15, 0.2) is 24.5 Å². The Bertz CT molecular complexity index is 353. The summed E-state index contributed by atoms with van der Waals surface area (Å²) in [7, 11) is 0. The summed E-state index contributed by atoms with van der Waals surface area (Å²) in [5.74, 6) is -0.0214. The molecule has 2 rings (SSSR count). The van der Waals surface area contributed by atoms with Gasteiger partial charge in [-0.3, -0.25) is 9.78 Å². The number of nitrogens with zero attached hydrogens (tertiary/aromatic N) is 2. The second kappa shape index (κ2) is 5.07. The van der Waals surface area contributed by atoms with E-state index in [1.165, 1.54) is 0 Å². The molecule has 0 saturated carbocycles. The summed E-state index contributed by atoms with van der Waals surface area (Å²) in [5.41, 5.74) is 0.600. The fourth-order valence-electron chi connectivity index (χ4n) is 2.11. The molecule has 86 valence electrons. The Morgan fingerprint density at radius 3 is 3.12 bits per heavy atom. The minimum atomic E-state index is -0.0264. The van der Waals surface area contributed by atoms with Gasteiger partial charge in [-0.2, -0.15) is 0 Å². The summed E-state index contributed by atoms with van der Waals surface area (Å²) < 4.78 is 0. The molecule has 2 heterocycles. The number of likely N-dealkylation sites (tertiary alicyclic amines) is 1. The van der Waals surface area contributed by atoms with Crippen LogP contribution in [0.25, 0.3) is 0 Å². The second-order valence-electron chi connectivity index (χ2n) is 4.07. The van der Waals surface area contributed by atoms with Gasteiger partial charge in [-0.25, -0.2) is 0 Å². The highest BCUT2D eigenvalue weighted by Crippen LogP contribution is 2.18. The first-order valence-corrected chi connectivity index (χ1v) is 5.65. The lowest BCUT2D eigenvalue weighted by molar-refractivity contribution is 0.0502. The Labute approximate surface area is 94.9 Å². The number of carbonyl (C=O) groups excluding carboxylic acids is 1. The van der Waals surface area contributed by atoms with E-state index in [-0.39, 0.29) is 18.6 Å². The highest BCUT2D eigenvalue weighted by Gasteiger charge is 2.26. The SMILES string of the molecule is O=C(c1cccnc1)N1CCCCC1CO. The van der Waals surface area contributed by atoms with E-state index in [1.807, 2.05) is 0 Å². The molecule has 4 nitrogen and oxygen atoms in total. The molecule has 0 aliphatic carbocycles. The van der Waals surface area contributed by atoms with Gasteiger partial charge in [-0.1, -0.05) is 0 Å². The van der Waals surface area contributed by atoms with Crippen LogP contribution in [0.5, 0.6) is 0 Å². The first-order valence-electron chi connectivity index (χ1n) is 5.65. The summed E-state index contributed by atoms with van der Waals surface area (Å²) in [6.07, 6.45) is 6.22. The molecule has 1 aliphatic rings. The summed E-state index contributed by atoms with van der Waals surface area (Å²) in [5, 5.41) is 9.25. The Kier molecular flexibility index (Phi) is 3.51. The van der Waals surface area contributed by atoms with Gasteiger partial charge in [-0.05, 0) is 31.4 Å². The number of carbonyl (C=O) groups is 1. The van der Waals surface area contributed by atoms with Gasteiger partial charge in [0, 0.05) is 18.9 Å². The van der Waals surface area contributed by atoms with Crippen LogP contribution in [-0.4, -0.2) is 40.1 Å². The number of amides is 1. The van der Waals surface area contributed by atoms with Crippen molar-refractivity contribution in [2.75, 3.05) is 13.2 Å². The smallest absolute Gasteiger partial charge is 0.255 e. The largest absolute Gasteiger partial charge is 0.394 e. The van der Waals surface area contributed by atoms with Gasteiger partial charge in [0.2, 0.25) is 0 Å². The van der Waals surface area contributed by atoms with Gasteiger partial charge in [-0.15, -0.1) is 0 Å². The third-order valence-electron chi connectivity index (χ3n) is 3.01. The molecule has 1 atom stereocenters.